The molecule has 2 aromatic rings. The van der Waals surface area contributed by atoms with Gasteiger partial charge in [-0.25, -0.2) is 0 Å². The first kappa shape index (κ1) is 16.4. The number of pyridine rings is 1. The lowest BCUT2D eigenvalue weighted by Crippen LogP contribution is -2.26. The van der Waals surface area contributed by atoms with E-state index in [9.17, 15) is 0 Å². The fraction of sp³-hybridized carbons (Fsp3) is 0.429. The molecule has 0 amide bonds. The van der Waals surface area contributed by atoms with E-state index in [0.717, 1.165) is 29.0 Å². The molecule has 0 fully saturated rings. The van der Waals surface area contributed by atoms with Crippen molar-refractivity contribution < 1.29 is 0 Å². The van der Waals surface area contributed by atoms with Crippen molar-refractivity contribution in [1.82, 2.24) is 25.0 Å². The summed E-state index contributed by atoms with van der Waals surface area (Å²) in [4.78, 5) is 6.55. The molecule has 2 aromatic heterocycles. The van der Waals surface area contributed by atoms with Gasteiger partial charge in [-0.2, -0.15) is 5.10 Å². The number of likely N-dealkylation sites (N-methyl/N-ethyl adjacent to an activating group) is 1. The average Bonchev–Trinajstić information content (AvgIpc) is 2.81. The minimum absolute atomic E-state index is 0.0405. The van der Waals surface area contributed by atoms with Crippen molar-refractivity contribution in [2.24, 2.45) is 0 Å². The molecule has 0 saturated carbocycles. The van der Waals surface area contributed by atoms with Gasteiger partial charge >= 0.3 is 0 Å². The predicted octanol–water partition coefficient (Wildman–Crippen LogP) is 2.56. The zero-order valence-corrected chi connectivity index (χ0v) is 14.7. The first-order chi connectivity index (χ1) is 10.0. The molecule has 1 atom stereocenters. The van der Waals surface area contributed by atoms with Gasteiger partial charge in [0.25, 0.3) is 0 Å². The van der Waals surface area contributed by atoms with Crippen molar-refractivity contribution in [1.29, 1.82) is 0 Å². The van der Waals surface area contributed by atoms with Crippen LogP contribution in [0, 0.1) is 0 Å². The van der Waals surface area contributed by atoms with Gasteiger partial charge in [0.15, 0.2) is 0 Å². The lowest BCUT2D eigenvalue weighted by atomic mass is 10.1. The lowest BCUT2D eigenvalue weighted by molar-refractivity contribution is 0.366. The van der Waals surface area contributed by atoms with Crippen LogP contribution in [0.4, 0.5) is 0 Å². The monoisotopic (exact) mass is 371 g/mol. The maximum absolute atomic E-state index is 5.92. The van der Waals surface area contributed by atoms with Gasteiger partial charge in [0, 0.05) is 12.7 Å². The summed E-state index contributed by atoms with van der Waals surface area (Å²) in [5.74, 6) is 0. The van der Waals surface area contributed by atoms with Crippen LogP contribution in [0.5, 0.6) is 0 Å². The highest BCUT2D eigenvalue weighted by Gasteiger charge is 2.21. The van der Waals surface area contributed by atoms with Gasteiger partial charge in [0.05, 0.1) is 39.7 Å². The van der Waals surface area contributed by atoms with Crippen molar-refractivity contribution >= 4 is 27.5 Å². The second-order valence-corrected chi connectivity index (χ2v) is 6.32. The van der Waals surface area contributed by atoms with Crippen LogP contribution < -0.4 is 5.32 Å². The molecule has 5 nitrogen and oxygen atoms in total. The Bertz CT molecular complexity index is 582. The Labute approximate surface area is 138 Å². The van der Waals surface area contributed by atoms with E-state index in [1.165, 1.54) is 0 Å². The number of hydrogen-bond acceptors (Lipinski definition) is 4. The summed E-state index contributed by atoms with van der Waals surface area (Å²) in [7, 11) is 6.01. The summed E-state index contributed by atoms with van der Waals surface area (Å²) in [5.41, 5.74) is 1.98. The van der Waals surface area contributed by atoms with E-state index < -0.39 is 0 Å². The number of aromatic nitrogens is 3. The molecule has 2 rings (SSSR count). The van der Waals surface area contributed by atoms with Crippen molar-refractivity contribution in [3.05, 3.63) is 45.4 Å². The second-order valence-electron chi connectivity index (χ2n) is 5.03. The minimum atomic E-state index is -0.0405. The maximum atomic E-state index is 5.92. The van der Waals surface area contributed by atoms with Crippen LogP contribution in [0.25, 0.3) is 0 Å². The highest BCUT2D eigenvalue weighted by Crippen LogP contribution is 2.27. The Balaban J connectivity index is 2.33. The van der Waals surface area contributed by atoms with Gasteiger partial charge < -0.3 is 10.2 Å². The minimum Gasteiger partial charge on any atom is -0.308 e. The normalized spacial score (nSPS) is 12.9. The fourth-order valence-electron chi connectivity index (χ4n) is 2.11. The van der Waals surface area contributed by atoms with Gasteiger partial charge in [-0.15, -0.1) is 0 Å². The first-order valence-corrected chi connectivity index (χ1v) is 7.84. The third-order valence-corrected chi connectivity index (χ3v) is 4.03. The highest BCUT2D eigenvalue weighted by atomic mass is 79.9. The molecule has 1 unspecified atom stereocenters. The molecular formula is C14H19BrClN5. The molecule has 0 aromatic carbocycles. The van der Waals surface area contributed by atoms with Gasteiger partial charge in [-0.3, -0.25) is 9.67 Å². The molecule has 21 heavy (non-hydrogen) atoms. The van der Waals surface area contributed by atoms with Crippen LogP contribution in [0.15, 0.2) is 29.0 Å². The van der Waals surface area contributed by atoms with E-state index in [0.29, 0.717) is 5.02 Å². The van der Waals surface area contributed by atoms with E-state index in [4.69, 9.17) is 11.6 Å². The molecule has 0 spiro atoms. The molecule has 1 N–H and O–H groups in total. The smallest absolute Gasteiger partial charge is 0.0931 e. The Morgan fingerprint density at radius 1 is 1.38 bits per heavy atom. The van der Waals surface area contributed by atoms with E-state index in [2.05, 4.69) is 50.3 Å². The SMILES string of the molecule is CNC(c1ccc(Cl)cn1)c1c(Br)cnn1CCN(C)C. The van der Waals surface area contributed by atoms with Gasteiger partial charge in [0.2, 0.25) is 0 Å². The number of nitrogens with zero attached hydrogens (tertiary/aromatic N) is 4. The van der Waals surface area contributed by atoms with Crippen molar-refractivity contribution in [3.8, 4) is 0 Å². The standard InChI is InChI=1S/C14H19BrClN5/c1-17-13(12-5-4-10(16)8-18-12)14-11(15)9-19-21(14)7-6-20(2)3/h4-5,8-9,13,17H,6-7H2,1-3H3. The predicted molar refractivity (Wildman–Crippen MR) is 88.6 cm³/mol. The average molecular weight is 373 g/mol. The maximum Gasteiger partial charge on any atom is 0.0931 e. The van der Waals surface area contributed by atoms with E-state index >= 15 is 0 Å². The van der Waals surface area contributed by atoms with Crippen LogP contribution in [0.3, 0.4) is 0 Å². The van der Waals surface area contributed by atoms with Crippen molar-refractivity contribution in [2.75, 3.05) is 27.7 Å². The summed E-state index contributed by atoms with van der Waals surface area (Å²) < 4.78 is 2.97. The third kappa shape index (κ3) is 4.03. The molecule has 0 saturated heterocycles. The largest absolute Gasteiger partial charge is 0.308 e. The highest BCUT2D eigenvalue weighted by molar-refractivity contribution is 9.10. The Kier molecular flexibility index (Phi) is 5.75. The lowest BCUT2D eigenvalue weighted by Gasteiger charge is -2.19. The number of nitrogens with one attached hydrogen (secondary N) is 1. The molecule has 0 aliphatic rings. The Morgan fingerprint density at radius 3 is 2.71 bits per heavy atom. The van der Waals surface area contributed by atoms with Gasteiger partial charge in [0.1, 0.15) is 0 Å². The quantitative estimate of drug-likeness (QED) is 0.846. The molecule has 0 radical (unpaired) electrons. The van der Waals surface area contributed by atoms with Crippen LogP contribution in [0.1, 0.15) is 17.4 Å². The summed E-state index contributed by atoms with van der Waals surface area (Å²) in [6, 6.07) is 3.74. The van der Waals surface area contributed by atoms with Crippen LogP contribution in [-0.2, 0) is 6.54 Å². The number of halogens is 2. The summed E-state index contributed by atoms with van der Waals surface area (Å²) in [6.45, 7) is 1.74. The van der Waals surface area contributed by atoms with Crippen LogP contribution >= 0.6 is 27.5 Å². The van der Waals surface area contributed by atoms with E-state index in [1.807, 2.05) is 30.1 Å². The fourth-order valence-corrected chi connectivity index (χ4v) is 2.75. The van der Waals surface area contributed by atoms with Crippen LogP contribution in [-0.4, -0.2) is 47.4 Å². The second kappa shape index (κ2) is 7.35. The molecule has 0 aliphatic carbocycles. The Hall–Kier alpha value is -0.950. The summed E-state index contributed by atoms with van der Waals surface area (Å²) in [5, 5.41) is 8.38. The topological polar surface area (TPSA) is 46.0 Å². The molecule has 114 valence electrons. The van der Waals surface area contributed by atoms with Crippen molar-refractivity contribution in [2.45, 2.75) is 12.6 Å². The summed E-state index contributed by atoms with van der Waals surface area (Å²) in [6.07, 6.45) is 3.49. The first-order valence-electron chi connectivity index (χ1n) is 6.67. The van der Waals surface area contributed by atoms with Gasteiger partial charge in [-0.1, -0.05) is 11.6 Å². The summed E-state index contributed by atoms with van der Waals surface area (Å²) >= 11 is 9.50. The number of rotatable bonds is 6. The molecule has 7 heteroatoms. The molecule has 2 heterocycles. The third-order valence-electron chi connectivity index (χ3n) is 3.20. The van der Waals surface area contributed by atoms with Gasteiger partial charge in [-0.05, 0) is 49.2 Å². The van der Waals surface area contributed by atoms with Crippen LogP contribution in [0.2, 0.25) is 5.02 Å². The van der Waals surface area contributed by atoms with E-state index in [1.54, 1.807) is 6.20 Å². The zero-order valence-electron chi connectivity index (χ0n) is 12.3. The zero-order chi connectivity index (χ0) is 15.4. The van der Waals surface area contributed by atoms with E-state index in [-0.39, 0.29) is 6.04 Å². The molecule has 0 aliphatic heterocycles. The molecule has 0 bridgehead atoms. The number of hydrogen-bond donors (Lipinski definition) is 1. The Morgan fingerprint density at radius 2 is 2.14 bits per heavy atom. The van der Waals surface area contributed by atoms with Crippen molar-refractivity contribution in [3.63, 3.8) is 0 Å². The molecular weight excluding hydrogens is 354 g/mol.